The minimum absolute atomic E-state index is 0.276. The highest BCUT2D eigenvalue weighted by Crippen LogP contribution is 2.23. The van der Waals surface area contributed by atoms with Crippen LogP contribution in [0.1, 0.15) is 30.5 Å². The van der Waals surface area contributed by atoms with Gasteiger partial charge in [0.15, 0.2) is 0 Å². The predicted octanol–water partition coefficient (Wildman–Crippen LogP) is 4.24. The third-order valence-corrected chi connectivity index (χ3v) is 4.54. The van der Waals surface area contributed by atoms with Crippen molar-refractivity contribution in [1.29, 1.82) is 0 Å². The molecule has 2 aromatic rings. The van der Waals surface area contributed by atoms with Crippen LogP contribution in [-0.2, 0) is 16.1 Å². The van der Waals surface area contributed by atoms with Gasteiger partial charge in [0.2, 0.25) is 11.8 Å². The third kappa shape index (κ3) is 4.60. The largest absolute Gasteiger partial charge is 0.351 e. The molecule has 25 heavy (non-hydrogen) atoms. The first-order chi connectivity index (χ1) is 11.7. The van der Waals surface area contributed by atoms with E-state index in [0.29, 0.717) is 5.02 Å². The maximum Gasteiger partial charge on any atom is 0.239 e. The van der Waals surface area contributed by atoms with Crippen molar-refractivity contribution in [3.63, 3.8) is 0 Å². The lowest BCUT2D eigenvalue weighted by Gasteiger charge is -2.23. The minimum Gasteiger partial charge on any atom is -0.351 e. The van der Waals surface area contributed by atoms with Crippen molar-refractivity contribution >= 4 is 29.1 Å². The van der Waals surface area contributed by atoms with Crippen molar-refractivity contribution in [3.8, 4) is 0 Å². The molecule has 0 unspecified atom stereocenters. The van der Waals surface area contributed by atoms with Crippen LogP contribution in [0.5, 0.6) is 0 Å². The average molecular weight is 359 g/mol. The summed E-state index contributed by atoms with van der Waals surface area (Å²) >= 11 is 6.09. The number of hydrogen-bond donors (Lipinski definition) is 2. The molecule has 0 atom stereocenters. The summed E-state index contributed by atoms with van der Waals surface area (Å²) < 4.78 is 0. The van der Waals surface area contributed by atoms with Gasteiger partial charge >= 0.3 is 0 Å². The summed E-state index contributed by atoms with van der Waals surface area (Å²) in [5.74, 6) is -0.701. The lowest BCUT2D eigenvalue weighted by molar-refractivity contribution is -0.138. The molecule has 4 nitrogen and oxygen atoms in total. The fourth-order valence-corrected chi connectivity index (χ4v) is 2.49. The van der Waals surface area contributed by atoms with Gasteiger partial charge in [-0.05, 0) is 56.5 Å². The van der Waals surface area contributed by atoms with Crippen LogP contribution < -0.4 is 10.6 Å². The normalized spacial score (nSPS) is 11.1. The second kappa shape index (κ2) is 7.70. The Kier molecular flexibility index (Phi) is 5.85. The van der Waals surface area contributed by atoms with E-state index in [4.69, 9.17) is 11.6 Å². The quantitative estimate of drug-likeness (QED) is 0.785. The molecule has 0 aliphatic rings. The summed E-state index contributed by atoms with van der Waals surface area (Å²) in [5, 5.41) is 6.23. The molecular weight excluding hydrogens is 336 g/mol. The van der Waals surface area contributed by atoms with Crippen LogP contribution in [0.4, 0.5) is 5.69 Å². The van der Waals surface area contributed by atoms with Gasteiger partial charge in [-0.3, -0.25) is 9.59 Å². The first-order valence-electron chi connectivity index (χ1n) is 8.12. The number of halogens is 1. The van der Waals surface area contributed by atoms with E-state index in [1.807, 2.05) is 50.2 Å². The number of nitrogens with one attached hydrogen (secondary N) is 2. The Morgan fingerprint density at radius 2 is 1.72 bits per heavy atom. The van der Waals surface area contributed by atoms with E-state index >= 15 is 0 Å². The molecule has 2 rings (SSSR count). The van der Waals surface area contributed by atoms with Crippen molar-refractivity contribution in [1.82, 2.24) is 5.32 Å². The molecular formula is C20H23ClN2O2. The first kappa shape index (κ1) is 19.0. The highest BCUT2D eigenvalue weighted by molar-refractivity contribution is 6.31. The van der Waals surface area contributed by atoms with Crippen molar-refractivity contribution < 1.29 is 9.59 Å². The minimum atomic E-state index is -1.21. The van der Waals surface area contributed by atoms with E-state index < -0.39 is 5.41 Å². The molecule has 2 N–H and O–H groups in total. The topological polar surface area (TPSA) is 58.2 Å². The average Bonchev–Trinajstić information content (AvgIpc) is 2.57. The van der Waals surface area contributed by atoms with E-state index in [1.165, 1.54) is 0 Å². The van der Waals surface area contributed by atoms with Gasteiger partial charge in [-0.25, -0.2) is 0 Å². The zero-order valence-corrected chi connectivity index (χ0v) is 15.7. The van der Waals surface area contributed by atoms with Gasteiger partial charge in [0.1, 0.15) is 5.41 Å². The molecule has 5 heteroatoms. The summed E-state index contributed by atoms with van der Waals surface area (Å²) in [7, 11) is 0. The molecule has 0 aliphatic carbocycles. The van der Waals surface area contributed by atoms with Gasteiger partial charge in [-0.15, -0.1) is 0 Å². The molecule has 0 bridgehead atoms. The number of rotatable bonds is 5. The summed E-state index contributed by atoms with van der Waals surface area (Å²) in [6.07, 6.45) is 0. The Bertz CT molecular complexity index is 800. The standard InChI is InChI=1S/C20H23ClN2O2/c1-13-9-10-14(2)17(11-13)23-19(25)20(3,4)18(24)22-12-15-7-5-6-8-16(15)21/h5-11H,12H2,1-4H3,(H,22,24)(H,23,25). The number of benzene rings is 2. The smallest absolute Gasteiger partial charge is 0.239 e. The SMILES string of the molecule is Cc1ccc(C)c(NC(=O)C(C)(C)C(=O)NCc2ccccc2Cl)c1. The molecule has 0 fully saturated rings. The van der Waals surface area contributed by atoms with Crippen molar-refractivity contribution in [2.24, 2.45) is 5.41 Å². The molecule has 132 valence electrons. The van der Waals surface area contributed by atoms with Crippen LogP contribution in [0.15, 0.2) is 42.5 Å². The van der Waals surface area contributed by atoms with Crippen LogP contribution in [0, 0.1) is 19.3 Å². The maximum absolute atomic E-state index is 12.6. The highest BCUT2D eigenvalue weighted by Gasteiger charge is 2.36. The monoisotopic (exact) mass is 358 g/mol. The number of hydrogen-bond acceptors (Lipinski definition) is 2. The van der Waals surface area contributed by atoms with E-state index in [-0.39, 0.29) is 18.4 Å². The fourth-order valence-electron chi connectivity index (χ4n) is 2.29. The molecule has 2 amide bonds. The Labute approximate surface area is 153 Å². The van der Waals surface area contributed by atoms with Gasteiger partial charge in [0, 0.05) is 17.3 Å². The summed E-state index contributed by atoms with van der Waals surface area (Å²) in [6, 6.07) is 13.1. The molecule has 2 aromatic carbocycles. The fraction of sp³-hybridized carbons (Fsp3) is 0.300. The Hall–Kier alpha value is -2.33. The van der Waals surface area contributed by atoms with Gasteiger partial charge < -0.3 is 10.6 Å². The molecule has 0 aromatic heterocycles. The van der Waals surface area contributed by atoms with Crippen LogP contribution in [0.25, 0.3) is 0 Å². The van der Waals surface area contributed by atoms with Gasteiger partial charge in [0.25, 0.3) is 0 Å². The van der Waals surface area contributed by atoms with E-state index in [1.54, 1.807) is 19.9 Å². The van der Waals surface area contributed by atoms with Crippen LogP contribution >= 0.6 is 11.6 Å². The number of amides is 2. The van der Waals surface area contributed by atoms with Crippen LogP contribution in [-0.4, -0.2) is 11.8 Å². The number of aryl methyl sites for hydroxylation is 2. The van der Waals surface area contributed by atoms with E-state index in [2.05, 4.69) is 10.6 Å². The number of anilines is 1. The van der Waals surface area contributed by atoms with Gasteiger partial charge in [-0.1, -0.05) is 41.9 Å². The Morgan fingerprint density at radius 3 is 2.40 bits per heavy atom. The lowest BCUT2D eigenvalue weighted by Crippen LogP contribution is -2.45. The van der Waals surface area contributed by atoms with E-state index in [9.17, 15) is 9.59 Å². The number of carbonyl (C=O) groups excluding carboxylic acids is 2. The van der Waals surface area contributed by atoms with Crippen molar-refractivity contribution in [2.45, 2.75) is 34.2 Å². The van der Waals surface area contributed by atoms with Gasteiger partial charge in [0.05, 0.1) is 0 Å². The van der Waals surface area contributed by atoms with Crippen molar-refractivity contribution in [3.05, 3.63) is 64.2 Å². The van der Waals surface area contributed by atoms with E-state index in [0.717, 1.165) is 22.4 Å². The Morgan fingerprint density at radius 1 is 1.04 bits per heavy atom. The van der Waals surface area contributed by atoms with Crippen LogP contribution in [0.2, 0.25) is 5.02 Å². The van der Waals surface area contributed by atoms with Gasteiger partial charge in [-0.2, -0.15) is 0 Å². The molecule has 0 spiro atoms. The lowest BCUT2D eigenvalue weighted by atomic mass is 9.90. The zero-order chi connectivity index (χ0) is 18.6. The second-order valence-electron chi connectivity index (χ2n) is 6.67. The second-order valence-corrected chi connectivity index (χ2v) is 7.08. The zero-order valence-electron chi connectivity index (χ0n) is 14.9. The first-order valence-corrected chi connectivity index (χ1v) is 8.50. The molecule has 0 saturated heterocycles. The van der Waals surface area contributed by atoms with Crippen LogP contribution in [0.3, 0.4) is 0 Å². The maximum atomic E-state index is 12.6. The Balaban J connectivity index is 2.06. The summed E-state index contributed by atoms with van der Waals surface area (Å²) in [5.41, 5.74) is 2.31. The molecule has 0 aliphatic heterocycles. The molecule has 0 saturated carbocycles. The summed E-state index contributed by atoms with van der Waals surface area (Å²) in [4.78, 5) is 25.1. The summed E-state index contributed by atoms with van der Waals surface area (Å²) in [6.45, 7) is 7.36. The highest BCUT2D eigenvalue weighted by atomic mass is 35.5. The molecule has 0 radical (unpaired) electrons. The van der Waals surface area contributed by atoms with Crippen molar-refractivity contribution in [2.75, 3.05) is 5.32 Å². The predicted molar refractivity (Wildman–Crippen MR) is 102 cm³/mol. The molecule has 0 heterocycles. The third-order valence-electron chi connectivity index (χ3n) is 4.17. The number of carbonyl (C=O) groups is 2.